The fraction of sp³-hybridized carbons (Fsp3) is 0.562. The predicted molar refractivity (Wildman–Crippen MR) is 81.0 cm³/mol. The van der Waals surface area contributed by atoms with Gasteiger partial charge >= 0.3 is 0 Å². The number of carbonyl (C=O) groups is 1. The van der Waals surface area contributed by atoms with Crippen LogP contribution in [0, 0.1) is 5.92 Å². The van der Waals surface area contributed by atoms with E-state index in [9.17, 15) is 9.90 Å². The monoisotopic (exact) mass is 292 g/mol. The van der Waals surface area contributed by atoms with Crippen LogP contribution < -0.4 is 5.32 Å². The van der Waals surface area contributed by atoms with Crippen LogP contribution in [0.4, 0.5) is 0 Å². The number of phenols is 1. The first-order chi connectivity index (χ1) is 10.2. The van der Waals surface area contributed by atoms with Crippen molar-refractivity contribution < 1.29 is 14.6 Å². The maximum atomic E-state index is 11.4. The molecule has 1 aromatic carbocycles. The molecule has 1 aliphatic rings. The first-order valence-electron chi connectivity index (χ1n) is 7.43. The van der Waals surface area contributed by atoms with E-state index in [1.54, 1.807) is 6.07 Å². The minimum absolute atomic E-state index is 0.0531. The SMILES string of the molecule is COCC(=O)NCC1CCCN(Cc2cccc(O)c2)C1. The van der Waals surface area contributed by atoms with Gasteiger partial charge < -0.3 is 15.2 Å². The summed E-state index contributed by atoms with van der Waals surface area (Å²) in [6, 6.07) is 7.40. The quantitative estimate of drug-likeness (QED) is 0.831. The largest absolute Gasteiger partial charge is 0.508 e. The second-order valence-electron chi connectivity index (χ2n) is 5.65. The molecule has 1 aliphatic heterocycles. The molecule has 5 heteroatoms. The number of benzene rings is 1. The Balaban J connectivity index is 1.79. The van der Waals surface area contributed by atoms with Crippen molar-refractivity contribution in [2.75, 3.05) is 33.4 Å². The number of piperidine rings is 1. The van der Waals surface area contributed by atoms with Crippen LogP contribution in [0.15, 0.2) is 24.3 Å². The normalized spacial score (nSPS) is 19.4. The standard InChI is InChI=1S/C16H24N2O3/c1-21-12-16(20)17-9-14-5-3-7-18(11-14)10-13-4-2-6-15(19)8-13/h2,4,6,8,14,19H,3,5,7,9-12H2,1H3,(H,17,20). The number of carbonyl (C=O) groups excluding carboxylic acids is 1. The Hall–Kier alpha value is -1.59. The van der Waals surface area contributed by atoms with Gasteiger partial charge in [0.15, 0.2) is 0 Å². The molecule has 1 saturated heterocycles. The van der Waals surface area contributed by atoms with Gasteiger partial charge in [0, 0.05) is 26.7 Å². The molecule has 116 valence electrons. The zero-order chi connectivity index (χ0) is 15.1. The lowest BCUT2D eigenvalue weighted by molar-refractivity contribution is -0.125. The fourth-order valence-corrected chi connectivity index (χ4v) is 2.81. The Morgan fingerprint density at radius 1 is 1.52 bits per heavy atom. The molecule has 0 aromatic heterocycles. The van der Waals surface area contributed by atoms with Crippen LogP contribution in [0.25, 0.3) is 0 Å². The van der Waals surface area contributed by atoms with Crippen LogP contribution in [0.2, 0.25) is 0 Å². The van der Waals surface area contributed by atoms with E-state index in [0.29, 0.717) is 18.2 Å². The number of aromatic hydroxyl groups is 1. The second-order valence-corrected chi connectivity index (χ2v) is 5.65. The molecule has 2 rings (SSSR count). The highest BCUT2D eigenvalue weighted by molar-refractivity contribution is 5.77. The molecule has 1 heterocycles. The lowest BCUT2D eigenvalue weighted by atomic mass is 9.97. The third-order valence-corrected chi connectivity index (χ3v) is 3.78. The number of rotatable bonds is 6. The molecule has 0 bridgehead atoms. The number of hydrogen-bond acceptors (Lipinski definition) is 4. The van der Waals surface area contributed by atoms with Gasteiger partial charge in [0.05, 0.1) is 0 Å². The molecule has 1 amide bonds. The van der Waals surface area contributed by atoms with E-state index in [0.717, 1.165) is 38.0 Å². The van der Waals surface area contributed by atoms with Gasteiger partial charge in [0.2, 0.25) is 5.91 Å². The number of methoxy groups -OCH3 is 1. The van der Waals surface area contributed by atoms with Crippen molar-refractivity contribution in [2.45, 2.75) is 19.4 Å². The Kier molecular flexibility index (Phi) is 6.02. The summed E-state index contributed by atoms with van der Waals surface area (Å²) in [5.74, 6) is 0.743. The van der Waals surface area contributed by atoms with E-state index in [1.165, 1.54) is 7.11 Å². The molecule has 1 atom stereocenters. The zero-order valence-electron chi connectivity index (χ0n) is 12.5. The molecule has 1 unspecified atom stereocenters. The van der Waals surface area contributed by atoms with Crippen molar-refractivity contribution in [2.24, 2.45) is 5.92 Å². The number of nitrogens with zero attached hydrogens (tertiary/aromatic N) is 1. The van der Waals surface area contributed by atoms with Crippen LogP contribution in [0.3, 0.4) is 0 Å². The first-order valence-corrected chi connectivity index (χ1v) is 7.43. The van der Waals surface area contributed by atoms with Gasteiger partial charge in [-0.15, -0.1) is 0 Å². The van der Waals surface area contributed by atoms with Crippen molar-refractivity contribution in [3.63, 3.8) is 0 Å². The molecule has 1 fully saturated rings. The molecule has 2 N–H and O–H groups in total. The molecule has 0 radical (unpaired) electrons. The average molecular weight is 292 g/mol. The third kappa shape index (κ3) is 5.36. The number of likely N-dealkylation sites (tertiary alicyclic amines) is 1. The van der Waals surface area contributed by atoms with Gasteiger partial charge in [0.25, 0.3) is 0 Å². The van der Waals surface area contributed by atoms with Gasteiger partial charge in [0.1, 0.15) is 12.4 Å². The van der Waals surface area contributed by atoms with Gasteiger partial charge in [-0.3, -0.25) is 9.69 Å². The second kappa shape index (κ2) is 8.00. The molecule has 0 saturated carbocycles. The Morgan fingerprint density at radius 2 is 2.38 bits per heavy atom. The lowest BCUT2D eigenvalue weighted by Crippen LogP contribution is -2.41. The summed E-state index contributed by atoms with van der Waals surface area (Å²) in [5, 5.41) is 12.4. The summed E-state index contributed by atoms with van der Waals surface area (Å²) in [4.78, 5) is 13.8. The highest BCUT2D eigenvalue weighted by Gasteiger charge is 2.20. The van der Waals surface area contributed by atoms with Gasteiger partial charge in [-0.2, -0.15) is 0 Å². The number of phenolic OH excluding ortho intramolecular Hbond substituents is 1. The number of hydrogen-bond donors (Lipinski definition) is 2. The van der Waals surface area contributed by atoms with Crippen molar-refractivity contribution in [3.8, 4) is 5.75 Å². The first kappa shape index (κ1) is 15.8. The smallest absolute Gasteiger partial charge is 0.245 e. The molecule has 0 aliphatic carbocycles. The van der Waals surface area contributed by atoms with Crippen molar-refractivity contribution in [3.05, 3.63) is 29.8 Å². The summed E-state index contributed by atoms with van der Waals surface area (Å²) < 4.78 is 4.81. The highest BCUT2D eigenvalue weighted by atomic mass is 16.5. The molecule has 5 nitrogen and oxygen atoms in total. The summed E-state index contributed by atoms with van der Waals surface area (Å²) >= 11 is 0. The van der Waals surface area contributed by atoms with Crippen LogP contribution in [-0.4, -0.2) is 49.3 Å². The Bertz CT molecular complexity index is 465. The van der Waals surface area contributed by atoms with Crippen molar-refractivity contribution >= 4 is 5.91 Å². The topological polar surface area (TPSA) is 61.8 Å². The van der Waals surface area contributed by atoms with Crippen LogP contribution in [-0.2, 0) is 16.1 Å². The number of amides is 1. The summed E-state index contributed by atoms with van der Waals surface area (Å²) in [5.41, 5.74) is 1.12. The van der Waals surface area contributed by atoms with Crippen molar-refractivity contribution in [1.29, 1.82) is 0 Å². The number of ether oxygens (including phenoxy) is 1. The van der Waals surface area contributed by atoms with E-state index in [-0.39, 0.29) is 12.5 Å². The van der Waals surface area contributed by atoms with Crippen molar-refractivity contribution in [1.82, 2.24) is 10.2 Å². The highest BCUT2D eigenvalue weighted by Crippen LogP contribution is 2.19. The van der Waals surface area contributed by atoms with E-state index in [1.807, 2.05) is 18.2 Å². The van der Waals surface area contributed by atoms with E-state index >= 15 is 0 Å². The summed E-state index contributed by atoms with van der Waals surface area (Å²) in [6.45, 7) is 3.72. The van der Waals surface area contributed by atoms with Gasteiger partial charge in [-0.25, -0.2) is 0 Å². The molecule has 1 aromatic rings. The van der Waals surface area contributed by atoms with Gasteiger partial charge in [-0.05, 0) is 43.0 Å². The zero-order valence-corrected chi connectivity index (χ0v) is 12.5. The van der Waals surface area contributed by atoms with Gasteiger partial charge in [-0.1, -0.05) is 12.1 Å². The third-order valence-electron chi connectivity index (χ3n) is 3.78. The summed E-state index contributed by atoms with van der Waals surface area (Å²) in [7, 11) is 1.53. The molecular weight excluding hydrogens is 268 g/mol. The maximum absolute atomic E-state index is 11.4. The van der Waals surface area contributed by atoms with E-state index in [4.69, 9.17) is 4.74 Å². The predicted octanol–water partition coefficient (Wildman–Crippen LogP) is 1.37. The Morgan fingerprint density at radius 3 is 3.14 bits per heavy atom. The van der Waals surface area contributed by atoms with E-state index < -0.39 is 0 Å². The molecule has 0 spiro atoms. The average Bonchev–Trinajstić information content (AvgIpc) is 2.46. The molecule has 21 heavy (non-hydrogen) atoms. The van der Waals surface area contributed by atoms with Crippen LogP contribution in [0.1, 0.15) is 18.4 Å². The lowest BCUT2D eigenvalue weighted by Gasteiger charge is -2.32. The summed E-state index contributed by atoms with van der Waals surface area (Å²) in [6.07, 6.45) is 2.29. The van der Waals surface area contributed by atoms with E-state index in [2.05, 4.69) is 10.2 Å². The minimum Gasteiger partial charge on any atom is -0.508 e. The van der Waals surface area contributed by atoms with Crippen LogP contribution in [0.5, 0.6) is 5.75 Å². The number of nitrogens with one attached hydrogen (secondary N) is 1. The minimum atomic E-state index is -0.0531. The van der Waals surface area contributed by atoms with Crippen LogP contribution >= 0.6 is 0 Å². The maximum Gasteiger partial charge on any atom is 0.245 e. The molecular formula is C16H24N2O3. The Labute approximate surface area is 125 Å². The fourth-order valence-electron chi connectivity index (χ4n) is 2.81.